The number of nitrogens with zero attached hydrogens (tertiary/aromatic N) is 2. The third-order valence-electron chi connectivity index (χ3n) is 3.12. The van der Waals surface area contributed by atoms with Crippen LogP contribution < -0.4 is 0 Å². The molecule has 0 atom stereocenters. The summed E-state index contributed by atoms with van der Waals surface area (Å²) in [7, 11) is 0. The molecule has 2 aromatic rings. The van der Waals surface area contributed by atoms with E-state index in [1.807, 2.05) is 37.3 Å². The fraction of sp³-hybridized carbons (Fsp3) is 0.333. The second-order valence-electron chi connectivity index (χ2n) is 4.83. The molecule has 0 radical (unpaired) electrons. The molecule has 0 aliphatic heterocycles. The molecule has 1 aromatic carbocycles. The van der Waals surface area contributed by atoms with E-state index in [4.69, 9.17) is 0 Å². The Bertz CT molecular complexity index is 538. The van der Waals surface area contributed by atoms with Crippen molar-refractivity contribution in [3.63, 3.8) is 0 Å². The van der Waals surface area contributed by atoms with E-state index in [-0.39, 0.29) is 5.78 Å². The van der Waals surface area contributed by atoms with E-state index in [9.17, 15) is 4.79 Å². The fourth-order valence-corrected chi connectivity index (χ4v) is 1.85. The highest BCUT2D eigenvalue weighted by atomic mass is 16.1. The smallest absolute Gasteiger partial charge is 0.184 e. The van der Waals surface area contributed by atoms with Crippen molar-refractivity contribution >= 4 is 5.78 Å². The van der Waals surface area contributed by atoms with Gasteiger partial charge in [-0.05, 0) is 24.5 Å². The predicted octanol–water partition coefficient (Wildman–Crippen LogP) is 3.20. The molecule has 1 aromatic heterocycles. The highest BCUT2D eigenvalue weighted by Crippen LogP contribution is 2.15. The van der Waals surface area contributed by atoms with Gasteiger partial charge in [0.05, 0.1) is 0 Å². The average Bonchev–Trinajstić information content (AvgIpc) is 2.75. The van der Waals surface area contributed by atoms with Gasteiger partial charge in [0.1, 0.15) is 6.54 Å². The number of benzene rings is 1. The van der Waals surface area contributed by atoms with E-state index >= 15 is 0 Å². The van der Waals surface area contributed by atoms with Crippen molar-refractivity contribution in [3.05, 3.63) is 53.3 Å². The van der Waals surface area contributed by atoms with E-state index in [1.165, 1.54) is 5.56 Å². The number of aryl methyl sites for hydroxylation is 1. The zero-order valence-corrected chi connectivity index (χ0v) is 11.1. The quantitative estimate of drug-likeness (QED) is 0.772. The molecule has 0 spiro atoms. The molecule has 18 heavy (non-hydrogen) atoms. The topological polar surface area (TPSA) is 34.9 Å². The molecule has 0 aliphatic carbocycles. The first kappa shape index (κ1) is 12.6. The Labute approximate surface area is 107 Å². The minimum atomic E-state index is 0.0945. The minimum absolute atomic E-state index is 0.0945. The molecule has 0 aliphatic rings. The Balaban J connectivity index is 2.12. The van der Waals surface area contributed by atoms with Crippen molar-refractivity contribution in [1.82, 2.24) is 9.78 Å². The molecule has 3 heteroatoms. The zero-order chi connectivity index (χ0) is 13.1. The Morgan fingerprint density at radius 3 is 2.39 bits per heavy atom. The Morgan fingerprint density at radius 1 is 1.22 bits per heavy atom. The standard InChI is InChI=1S/C15H18N2O/c1-11(2)13-4-6-14(7-5-13)15(18)10-17-12(3)8-9-16-17/h4-9,11H,10H2,1-3H3. The second-order valence-corrected chi connectivity index (χ2v) is 4.83. The van der Waals surface area contributed by atoms with Crippen LogP contribution in [0.3, 0.4) is 0 Å². The van der Waals surface area contributed by atoms with Crippen LogP contribution in [0.1, 0.15) is 41.4 Å². The lowest BCUT2D eigenvalue weighted by Crippen LogP contribution is -2.12. The Kier molecular flexibility index (Phi) is 3.60. The maximum Gasteiger partial charge on any atom is 0.184 e. The van der Waals surface area contributed by atoms with Crippen LogP contribution in [0.5, 0.6) is 0 Å². The fourth-order valence-electron chi connectivity index (χ4n) is 1.85. The predicted molar refractivity (Wildman–Crippen MR) is 71.8 cm³/mol. The van der Waals surface area contributed by atoms with Crippen LogP contribution in [0.2, 0.25) is 0 Å². The molecule has 3 nitrogen and oxygen atoms in total. The van der Waals surface area contributed by atoms with Gasteiger partial charge in [0.25, 0.3) is 0 Å². The number of rotatable bonds is 4. The summed E-state index contributed by atoms with van der Waals surface area (Å²) in [5.41, 5.74) is 3.00. The Hall–Kier alpha value is -1.90. The first-order chi connectivity index (χ1) is 8.58. The molecule has 94 valence electrons. The van der Waals surface area contributed by atoms with Crippen LogP contribution >= 0.6 is 0 Å². The van der Waals surface area contributed by atoms with Gasteiger partial charge in [0.15, 0.2) is 5.78 Å². The maximum atomic E-state index is 12.1. The van der Waals surface area contributed by atoms with Gasteiger partial charge < -0.3 is 0 Å². The van der Waals surface area contributed by atoms with Gasteiger partial charge in [0.2, 0.25) is 0 Å². The molecule has 0 N–H and O–H groups in total. The number of carbonyl (C=O) groups is 1. The molecule has 1 heterocycles. The first-order valence-electron chi connectivity index (χ1n) is 6.19. The zero-order valence-electron chi connectivity index (χ0n) is 11.1. The Morgan fingerprint density at radius 2 is 1.89 bits per heavy atom. The number of hydrogen-bond donors (Lipinski definition) is 0. The van der Waals surface area contributed by atoms with Crippen LogP contribution in [0, 0.1) is 6.92 Å². The van der Waals surface area contributed by atoms with E-state index < -0.39 is 0 Å². The number of hydrogen-bond acceptors (Lipinski definition) is 2. The van der Waals surface area contributed by atoms with Crippen molar-refractivity contribution < 1.29 is 4.79 Å². The van der Waals surface area contributed by atoms with Gasteiger partial charge in [-0.3, -0.25) is 9.48 Å². The summed E-state index contributed by atoms with van der Waals surface area (Å²) in [5, 5.41) is 4.12. The van der Waals surface area contributed by atoms with Crippen LogP contribution in [0.25, 0.3) is 0 Å². The molecular formula is C15H18N2O. The van der Waals surface area contributed by atoms with E-state index in [0.717, 1.165) is 11.3 Å². The summed E-state index contributed by atoms with van der Waals surface area (Å²) in [6.07, 6.45) is 1.71. The van der Waals surface area contributed by atoms with Gasteiger partial charge in [-0.2, -0.15) is 5.10 Å². The third kappa shape index (κ3) is 2.67. The summed E-state index contributed by atoms with van der Waals surface area (Å²) in [4.78, 5) is 12.1. The summed E-state index contributed by atoms with van der Waals surface area (Å²) in [5.74, 6) is 0.583. The van der Waals surface area contributed by atoms with Crippen LogP contribution in [0.15, 0.2) is 36.5 Å². The molecule has 0 bridgehead atoms. The van der Waals surface area contributed by atoms with Crippen molar-refractivity contribution in [2.24, 2.45) is 0 Å². The first-order valence-corrected chi connectivity index (χ1v) is 6.19. The highest BCUT2D eigenvalue weighted by molar-refractivity contribution is 5.95. The SMILES string of the molecule is Cc1ccnn1CC(=O)c1ccc(C(C)C)cc1. The normalized spacial score (nSPS) is 10.9. The van der Waals surface area contributed by atoms with Crippen molar-refractivity contribution in [1.29, 1.82) is 0 Å². The summed E-state index contributed by atoms with van der Waals surface area (Å²) in [6.45, 7) is 6.54. The number of Topliss-reactive ketones (excluding diaryl/α,β-unsaturated/α-hetero) is 1. The molecule has 0 amide bonds. The summed E-state index contributed by atoms with van der Waals surface area (Å²) < 4.78 is 1.72. The lowest BCUT2D eigenvalue weighted by atomic mass is 10.0. The van der Waals surface area contributed by atoms with Gasteiger partial charge in [-0.15, -0.1) is 0 Å². The van der Waals surface area contributed by atoms with E-state index in [0.29, 0.717) is 12.5 Å². The van der Waals surface area contributed by atoms with Gasteiger partial charge >= 0.3 is 0 Å². The van der Waals surface area contributed by atoms with Gasteiger partial charge in [-0.25, -0.2) is 0 Å². The lowest BCUT2D eigenvalue weighted by molar-refractivity contribution is 0.0967. The average molecular weight is 242 g/mol. The maximum absolute atomic E-state index is 12.1. The molecule has 0 unspecified atom stereocenters. The number of aromatic nitrogens is 2. The van der Waals surface area contributed by atoms with E-state index in [1.54, 1.807) is 10.9 Å². The largest absolute Gasteiger partial charge is 0.292 e. The summed E-state index contributed by atoms with van der Waals surface area (Å²) in [6, 6.07) is 9.74. The van der Waals surface area contributed by atoms with Crippen molar-refractivity contribution in [2.75, 3.05) is 0 Å². The molecule has 0 saturated carbocycles. The van der Waals surface area contributed by atoms with Gasteiger partial charge in [-0.1, -0.05) is 38.1 Å². The van der Waals surface area contributed by atoms with Crippen LogP contribution in [-0.4, -0.2) is 15.6 Å². The molecule has 0 saturated heterocycles. The summed E-state index contributed by atoms with van der Waals surface area (Å²) >= 11 is 0. The monoisotopic (exact) mass is 242 g/mol. The van der Waals surface area contributed by atoms with Gasteiger partial charge in [0, 0.05) is 17.5 Å². The molecule has 2 rings (SSSR count). The number of carbonyl (C=O) groups excluding carboxylic acids is 1. The molecule has 0 fully saturated rings. The van der Waals surface area contributed by atoms with Crippen LogP contribution in [-0.2, 0) is 6.54 Å². The molecular weight excluding hydrogens is 224 g/mol. The van der Waals surface area contributed by atoms with E-state index in [2.05, 4.69) is 18.9 Å². The third-order valence-corrected chi connectivity index (χ3v) is 3.12. The second kappa shape index (κ2) is 5.17. The number of ketones is 1. The van der Waals surface area contributed by atoms with Crippen LogP contribution in [0.4, 0.5) is 0 Å². The van der Waals surface area contributed by atoms with Crippen molar-refractivity contribution in [3.8, 4) is 0 Å². The minimum Gasteiger partial charge on any atom is -0.292 e. The van der Waals surface area contributed by atoms with Crippen molar-refractivity contribution in [2.45, 2.75) is 33.2 Å². The highest BCUT2D eigenvalue weighted by Gasteiger charge is 2.09. The lowest BCUT2D eigenvalue weighted by Gasteiger charge is -2.07.